The van der Waals surface area contributed by atoms with Gasteiger partial charge in [-0.2, -0.15) is 13.2 Å². The van der Waals surface area contributed by atoms with Crippen molar-refractivity contribution >= 4 is 12.0 Å². The van der Waals surface area contributed by atoms with Gasteiger partial charge in [-0.15, -0.1) is 0 Å². The van der Waals surface area contributed by atoms with E-state index in [1.807, 2.05) is 48.5 Å². The quantitative estimate of drug-likeness (QED) is 0.494. The Morgan fingerprint density at radius 2 is 1.67 bits per heavy atom. The molecule has 6 heteroatoms. The summed E-state index contributed by atoms with van der Waals surface area (Å²) in [5.74, 6) is 0.407. The van der Waals surface area contributed by atoms with E-state index in [4.69, 9.17) is 4.74 Å². The van der Waals surface area contributed by atoms with Crippen molar-refractivity contribution in [2.75, 3.05) is 18.0 Å². The first-order valence-electron chi connectivity index (χ1n) is 9.67. The fraction of sp³-hybridized carbons (Fsp3) is 0.208. The second kappa shape index (κ2) is 8.22. The Morgan fingerprint density at radius 1 is 0.933 bits per heavy atom. The highest BCUT2D eigenvalue weighted by Crippen LogP contribution is 2.32. The summed E-state index contributed by atoms with van der Waals surface area (Å²) in [6.07, 6.45) is -2.94. The van der Waals surface area contributed by atoms with Crippen LogP contribution in [0, 0.1) is 0 Å². The first kappa shape index (κ1) is 20.0. The van der Waals surface area contributed by atoms with Gasteiger partial charge in [-0.3, -0.25) is 4.79 Å². The van der Waals surface area contributed by atoms with Gasteiger partial charge in [-0.1, -0.05) is 36.4 Å². The number of rotatable bonds is 5. The van der Waals surface area contributed by atoms with E-state index in [0.717, 1.165) is 41.7 Å². The molecule has 3 aromatic rings. The minimum absolute atomic E-state index is 0.157. The molecule has 0 aromatic heterocycles. The Bertz CT molecular complexity index is 1020. The van der Waals surface area contributed by atoms with Crippen molar-refractivity contribution in [3.05, 3.63) is 83.9 Å². The molecule has 1 fully saturated rings. The number of alkyl halides is 3. The predicted octanol–water partition coefficient (Wildman–Crippen LogP) is 5.84. The molecule has 0 N–H and O–H groups in total. The lowest BCUT2D eigenvalue weighted by atomic mass is 10.0. The molecule has 1 saturated heterocycles. The second-order valence-corrected chi connectivity index (χ2v) is 7.25. The summed E-state index contributed by atoms with van der Waals surface area (Å²) in [5, 5.41) is 0. The van der Waals surface area contributed by atoms with Crippen LogP contribution in [0.5, 0.6) is 5.75 Å². The van der Waals surface area contributed by atoms with E-state index in [1.165, 1.54) is 12.1 Å². The van der Waals surface area contributed by atoms with Crippen LogP contribution < -0.4 is 9.64 Å². The molecule has 1 heterocycles. The number of ether oxygens (including phenoxy) is 1. The van der Waals surface area contributed by atoms with Crippen LogP contribution in [0.3, 0.4) is 0 Å². The highest BCUT2D eigenvalue weighted by atomic mass is 19.4. The zero-order valence-electron chi connectivity index (χ0n) is 16.1. The first-order chi connectivity index (χ1) is 14.4. The number of carbonyl (C=O) groups excluding carboxylic acids is 1. The third-order valence-electron chi connectivity index (χ3n) is 5.23. The Kier molecular flexibility index (Phi) is 5.48. The van der Waals surface area contributed by atoms with E-state index >= 15 is 0 Å². The summed E-state index contributed by atoms with van der Waals surface area (Å²) in [4.78, 5) is 13.8. The molecule has 0 saturated carbocycles. The molecule has 4 rings (SSSR count). The normalized spacial score (nSPS) is 16.5. The molecular formula is C24H20F3NO2. The zero-order chi connectivity index (χ0) is 21.1. The summed E-state index contributed by atoms with van der Waals surface area (Å²) in [6, 6.07) is 20.4. The van der Waals surface area contributed by atoms with Crippen molar-refractivity contribution in [1.82, 2.24) is 0 Å². The van der Waals surface area contributed by atoms with Crippen LogP contribution in [-0.2, 0) is 6.18 Å². The number of hydrogen-bond donors (Lipinski definition) is 0. The van der Waals surface area contributed by atoms with Crippen molar-refractivity contribution in [3.63, 3.8) is 0 Å². The standard InChI is InChI=1S/C24H20F3NO2/c25-24(26,27)20-7-9-21(10-8-20)30-22-12-13-28(15-22)23-11-6-18(14-19(23)16-29)17-4-2-1-3-5-17/h1-11,14,16,22H,12-13,15H2/t22-/m0/s1. The van der Waals surface area contributed by atoms with Crippen LogP contribution in [-0.4, -0.2) is 25.5 Å². The van der Waals surface area contributed by atoms with Crippen LogP contribution in [0.15, 0.2) is 72.8 Å². The van der Waals surface area contributed by atoms with Crippen LogP contribution in [0.2, 0.25) is 0 Å². The van der Waals surface area contributed by atoms with Crippen molar-refractivity contribution in [2.24, 2.45) is 0 Å². The molecular weight excluding hydrogens is 391 g/mol. The Balaban J connectivity index is 1.46. The average molecular weight is 411 g/mol. The lowest BCUT2D eigenvalue weighted by Gasteiger charge is -2.21. The van der Waals surface area contributed by atoms with E-state index in [-0.39, 0.29) is 6.10 Å². The molecule has 1 atom stereocenters. The van der Waals surface area contributed by atoms with Gasteiger partial charge in [0.25, 0.3) is 0 Å². The molecule has 0 unspecified atom stereocenters. The summed E-state index contributed by atoms with van der Waals surface area (Å²) in [6.45, 7) is 1.27. The molecule has 0 spiro atoms. The van der Waals surface area contributed by atoms with Crippen LogP contribution in [0.25, 0.3) is 11.1 Å². The lowest BCUT2D eigenvalue weighted by molar-refractivity contribution is -0.137. The highest BCUT2D eigenvalue weighted by molar-refractivity contribution is 5.87. The van der Waals surface area contributed by atoms with Crippen molar-refractivity contribution in [3.8, 4) is 16.9 Å². The van der Waals surface area contributed by atoms with Gasteiger partial charge in [0.05, 0.1) is 12.1 Å². The SMILES string of the molecule is O=Cc1cc(-c2ccccc2)ccc1N1CC[C@H](Oc2ccc(C(F)(F)F)cc2)C1. The number of hydrogen-bond acceptors (Lipinski definition) is 3. The van der Waals surface area contributed by atoms with Crippen molar-refractivity contribution in [2.45, 2.75) is 18.7 Å². The highest BCUT2D eigenvalue weighted by Gasteiger charge is 2.30. The molecule has 1 aliphatic heterocycles. The zero-order valence-corrected chi connectivity index (χ0v) is 16.1. The summed E-state index contributed by atoms with van der Waals surface area (Å²) < 4.78 is 44.0. The molecule has 1 aliphatic rings. The third kappa shape index (κ3) is 4.32. The number of halogens is 3. The Hall–Kier alpha value is -3.28. The summed E-state index contributed by atoms with van der Waals surface area (Å²) in [5.41, 5.74) is 2.75. The van der Waals surface area contributed by atoms with Gasteiger partial charge >= 0.3 is 6.18 Å². The summed E-state index contributed by atoms with van der Waals surface area (Å²) >= 11 is 0. The van der Waals surface area contributed by atoms with Gasteiger partial charge in [0.15, 0.2) is 6.29 Å². The fourth-order valence-electron chi connectivity index (χ4n) is 3.71. The van der Waals surface area contributed by atoms with Crippen LogP contribution in [0.4, 0.5) is 18.9 Å². The number of carbonyl (C=O) groups is 1. The van der Waals surface area contributed by atoms with Gasteiger partial charge in [0, 0.05) is 24.2 Å². The van der Waals surface area contributed by atoms with Crippen molar-refractivity contribution in [1.29, 1.82) is 0 Å². The Labute approximate surface area is 172 Å². The predicted molar refractivity (Wildman–Crippen MR) is 110 cm³/mol. The molecule has 30 heavy (non-hydrogen) atoms. The number of benzene rings is 3. The Morgan fingerprint density at radius 3 is 2.33 bits per heavy atom. The topological polar surface area (TPSA) is 29.5 Å². The van der Waals surface area contributed by atoms with E-state index in [9.17, 15) is 18.0 Å². The number of aldehydes is 1. The minimum atomic E-state index is -4.36. The maximum Gasteiger partial charge on any atom is 0.416 e. The molecule has 3 nitrogen and oxygen atoms in total. The molecule has 3 aromatic carbocycles. The van der Waals surface area contributed by atoms with Crippen molar-refractivity contribution < 1.29 is 22.7 Å². The molecule has 0 bridgehead atoms. The first-order valence-corrected chi connectivity index (χ1v) is 9.67. The van der Waals surface area contributed by atoms with E-state index < -0.39 is 11.7 Å². The van der Waals surface area contributed by atoms with Crippen LogP contribution in [0.1, 0.15) is 22.3 Å². The van der Waals surface area contributed by atoms with Gasteiger partial charge in [0.2, 0.25) is 0 Å². The van der Waals surface area contributed by atoms with E-state index in [2.05, 4.69) is 4.90 Å². The van der Waals surface area contributed by atoms with Gasteiger partial charge in [-0.05, 0) is 47.5 Å². The second-order valence-electron chi connectivity index (χ2n) is 7.25. The van der Waals surface area contributed by atoms with Gasteiger partial charge < -0.3 is 9.64 Å². The van der Waals surface area contributed by atoms with E-state index in [1.54, 1.807) is 0 Å². The molecule has 0 aliphatic carbocycles. The molecule has 0 amide bonds. The minimum Gasteiger partial charge on any atom is -0.489 e. The third-order valence-corrected chi connectivity index (χ3v) is 5.23. The summed E-state index contributed by atoms with van der Waals surface area (Å²) in [7, 11) is 0. The van der Waals surface area contributed by atoms with Gasteiger partial charge in [0.1, 0.15) is 11.9 Å². The van der Waals surface area contributed by atoms with Crippen LogP contribution >= 0.6 is 0 Å². The van der Waals surface area contributed by atoms with E-state index in [0.29, 0.717) is 24.4 Å². The number of nitrogens with zero attached hydrogens (tertiary/aromatic N) is 1. The fourth-order valence-corrected chi connectivity index (χ4v) is 3.71. The monoisotopic (exact) mass is 411 g/mol. The van der Waals surface area contributed by atoms with Gasteiger partial charge in [-0.25, -0.2) is 0 Å². The average Bonchev–Trinajstić information content (AvgIpc) is 3.22. The maximum absolute atomic E-state index is 12.7. The number of anilines is 1. The lowest BCUT2D eigenvalue weighted by Crippen LogP contribution is -2.25. The molecule has 0 radical (unpaired) electrons. The molecule has 154 valence electrons. The smallest absolute Gasteiger partial charge is 0.416 e. The maximum atomic E-state index is 12.7. The largest absolute Gasteiger partial charge is 0.489 e.